The third-order valence-corrected chi connectivity index (χ3v) is 3.88. The van der Waals surface area contributed by atoms with Gasteiger partial charge >= 0.3 is 6.03 Å². The van der Waals surface area contributed by atoms with Crippen molar-refractivity contribution in [1.82, 2.24) is 20.1 Å². The van der Waals surface area contributed by atoms with E-state index < -0.39 is 0 Å². The lowest BCUT2D eigenvalue weighted by atomic mass is 10.2. The smallest absolute Gasteiger partial charge is 0.322 e. The summed E-state index contributed by atoms with van der Waals surface area (Å²) in [5, 5.41) is 10.7. The number of likely N-dealkylation sites (tertiary alicyclic amines) is 1. The number of aryl methyl sites for hydroxylation is 1. The Morgan fingerprint density at radius 3 is 2.79 bits per heavy atom. The van der Waals surface area contributed by atoms with E-state index in [2.05, 4.69) is 20.5 Å². The summed E-state index contributed by atoms with van der Waals surface area (Å²) >= 11 is 0. The maximum Gasteiger partial charge on any atom is 0.322 e. The first kappa shape index (κ1) is 16.2. The van der Waals surface area contributed by atoms with Gasteiger partial charge in [-0.15, -0.1) is 10.2 Å². The van der Waals surface area contributed by atoms with E-state index in [4.69, 9.17) is 13.9 Å². The van der Waals surface area contributed by atoms with E-state index in [1.807, 2.05) is 0 Å². The Morgan fingerprint density at radius 2 is 2.21 bits per heavy atom. The number of rotatable bonds is 4. The van der Waals surface area contributed by atoms with Crippen LogP contribution < -0.4 is 10.1 Å². The predicted molar refractivity (Wildman–Crippen MR) is 83.7 cm³/mol. The van der Waals surface area contributed by atoms with Gasteiger partial charge in [-0.1, -0.05) is 0 Å². The highest BCUT2D eigenvalue weighted by Crippen LogP contribution is 2.33. The number of methoxy groups -OCH3 is 2. The highest BCUT2D eigenvalue weighted by Gasteiger charge is 2.39. The van der Waals surface area contributed by atoms with E-state index in [1.54, 1.807) is 31.1 Å². The van der Waals surface area contributed by atoms with Crippen molar-refractivity contribution >= 4 is 11.7 Å². The molecule has 0 bridgehead atoms. The van der Waals surface area contributed by atoms with Gasteiger partial charge in [0.1, 0.15) is 6.04 Å². The van der Waals surface area contributed by atoms with Gasteiger partial charge in [0.05, 0.1) is 25.1 Å². The van der Waals surface area contributed by atoms with Crippen LogP contribution in [0.15, 0.2) is 22.7 Å². The molecule has 1 N–H and O–H groups in total. The van der Waals surface area contributed by atoms with Crippen LogP contribution in [0.3, 0.4) is 0 Å². The minimum absolute atomic E-state index is 0.0815. The minimum Gasteiger partial charge on any atom is -0.481 e. The number of amides is 2. The molecule has 128 valence electrons. The summed E-state index contributed by atoms with van der Waals surface area (Å²) in [4.78, 5) is 18.3. The SMILES string of the molecule is COc1ccc(NC(=O)N2C[C@@H](OC)C[C@@H]2c2nnc(C)o2)cn1. The monoisotopic (exact) mass is 333 g/mol. The quantitative estimate of drug-likeness (QED) is 0.909. The maximum absolute atomic E-state index is 12.6. The molecule has 2 aromatic rings. The number of hydrogen-bond acceptors (Lipinski definition) is 7. The van der Waals surface area contributed by atoms with Crippen LogP contribution in [-0.2, 0) is 4.74 Å². The van der Waals surface area contributed by atoms with Gasteiger partial charge in [0.25, 0.3) is 0 Å². The fraction of sp³-hybridized carbons (Fsp3) is 0.467. The van der Waals surface area contributed by atoms with Crippen molar-refractivity contribution in [3.63, 3.8) is 0 Å². The topological polar surface area (TPSA) is 103 Å². The third kappa shape index (κ3) is 3.30. The van der Waals surface area contributed by atoms with Crippen LogP contribution >= 0.6 is 0 Å². The molecule has 9 nitrogen and oxygen atoms in total. The lowest BCUT2D eigenvalue weighted by Gasteiger charge is -2.22. The minimum atomic E-state index is -0.317. The Bertz CT molecular complexity index is 702. The molecule has 1 fully saturated rings. The Kier molecular flexibility index (Phi) is 4.61. The van der Waals surface area contributed by atoms with Gasteiger partial charge in [0.15, 0.2) is 0 Å². The van der Waals surface area contributed by atoms with Crippen molar-refractivity contribution in [2.75, 3.05) is 26.1 Å². The molecular weight excluding hydrogens is 314 g/mol. The van der Waals surface area contributed by atoms with E-state index >= 15 is 0 Å². The maximum atomic E-state index is 12.6. The molecule has 2 atom stereocenters. The van der Waals surface area contributed by atoms with Gasteiger partial charge in [0.2, 0.25) is 17.7 Å². The van der Waals surface area contributed by atoms with Crippen molar-refractivity contribution < 1.29 is 18.7 Å². The van der Waals surface area contributed by atoms with Crippen LogP contribution in [0.2, 0.25) is 0 Å². The number of carbonyl (C=O) groups is 1. The zero-order valence-corrected chi connectivity index (χ0v) is 13.7. The second-order valence-electron chi connectivity index (χ2n) is 5.44. The largest absolute Gasteiger partial charge is 0.481 e. The summed E-state index contributed by atoms with van der Waals surface area (Å²) in [6.07, 6.45) is 2.06. The highest BCUT2D eigenvalue weighted by molar-refractivity contribution is 5.89. The number of aromatic nitrogens is 3. The highest BCUT2D eigenvalue weighted by atomic mass is 16.5. The number of hydrogen-bond donors (Lipinski definition) is 1. The predicted octanol–water partition coefficient (Wildman–Crippen LogP) is 1.78. The summed E-state index contributed by atoms with van der Waals surface area (Å²) < 4.78 is 15.9. The van der Waals surface area contributed by atoms with Gasteiger partial charge in [0, 0.05) is 33.1 Å². The van der Waals surface area contributed by atoms with Crippen LogP contribution in [-0.4, -0.2) is 53.0 Å². The Morgan fingerprint density at radius 1 is 1.38 bits per heavy atom. The molecule has 0 unspecified atom stereocenters. The number of pyridine rings is 1. The molecule has 1 aliphatic rings. The molecule has 0 saturated carbocycles. The van der Waals surface area contributed by atoms with Crippen LogP contribution in [0.5, 0.6) is 5.88 Å². The summed E-state index contributed by atoms with van der Waals surface area (Å²) in [7, 11) is 3.16. The van der Waals surface area contributed by atoms with E-state index in [9.17, 15) is 4.79 Å². The molecule has 2 aromatic heterocycles. The molecule has 9 heteroatoms. The molecule has 3 heterocycles. The Labute approximate surface area is 139 Å². The van der Waals surface area contributed by atoms with Crippen molar-refractivity contribution in [1.29, 1.82) is 0 Å². The van der Waals surface area contributed by atoms with E-state index in [0.29, 0.717) is 36.3 Å². The molecule has 1 saturated heterocycles. The standard InChI is InChI=1S/C15H19N5O4/c1-9-18-19-14(24-9)12-6-11(22-2)8-20(12)15(21)17-10-4-5-13(23-3)16-7-10/h4-5,7,11-12H,6,8H2,1-3H3,(H,17,21)/t11-,12+/m0/s1. The molecule has 0 aromatic carbocycles. The average molecular weight is 333 g/mol. The average Bonchev–Trinajstić information content (AvgIpc) is 3.21. The fourth-order valence-corrected chi connectivity index (χ4v) is 2.64. The van der Waals surface area contributed by atoms with Gasteiger partial charge in [-0.25, -0.2) is 9.78 Å². The fourth-order valence-electron chi connectivity index (χ4n) is 2.64. The van der Waals surface area contributed by atoms with Crippen molar-refractivity contribution in [2.45, 2.75) is 25.5 Å². The molecule has 3 rings (SSSR count). The zero-order valence-electron chi connectivity index (χ0n) is 13.7. The van der Waals surface area contributed by atoms with Crippen LogP contribution in [0, 0.1) is 6.92 Å². The number of anilines is 1. The van der Waals surface area contributed by atoms with E-state index in [-0.39, 0.29) is 18.2 Å². The van der Waals surface area contributed by atoms with E-state index in [0.717, 1.165) is 0 Å². The van der Waals surface area contributed by atoms with Crippen molar-refractivity contribution in [3.05, 3.63) is 30.1 Å². The number of urea groups is 1. The molecule has 24 heavy (non-hydrogen) atoms. The van der Waals surface area contributed by atoms with Gasteiger partial charge in [-0.3, -0.25) is 0 Å². The van der Waals surface area contributed by atoms with Crippen LogP contribution in [0.4, 0.5) is 10.5 Å². The van der Waals surface area contributed by atoms with Gasteiger partial charge in [-0.05, 0) is 6.07 Å². The van der Waals surface area contributed by atoms with Gasteiger partial charge in [-0.2, -0.15) is 0 Å². The van der Waals surface area contributed by atoms with Gasteiger partial charge < -0.3 is 24.1 Å². The second kappa shape index (κ2) is 6.83. The number of ether oxygens (including phenoxy) is 2. The molecular formula is C15H19N5O4. The summed E-state index contributed by atoms with van der Waals surface area (Å²) in [6.45, 7) is 2.16. The summed E-state index contributed by atoms with van der Waals surface area (Å²) in [5.41, 5.74) is 0.571. The lowest BCUT2D eigenvalue weighted by molar-refractivity contribution is 0.111. The molecule has 0 aliphatic carbocycles. The lowest BCUT2D eigenvalue weighted by Crippen LogP contribution is -2.35. The second-order valence-corrected chi connectivity index (χ2v) is 5.44. The molecule has 2 amide bonds. The number of carbonyl (C=O) groups excluding carboxylic acids is 1. The summed E-state index contributed by atoms with van der Waals surface area (Å²) in [6, 6.07) is 2.81. The van der Waals surface area contributed by atoms with E-state index in [1.165, 1.54) is 13.3 Å². The van der Waals surface area contributed by atoms with Crippen molar-refractivity contribution in [2.24, 2.45) is 0 Å². The summed E-state index contributed by atoms with van der Waals surface area (Å²) in [5.74, 6) is 1.36. The van der Waals surface area contributed by atoms with Crippen LogP contribution in [0.1, 0.15) is 24.2 Å². The number of nitrogens with zero attached hydrogens (tertiary/aromatic N) is 4. The molecule has 1 aliphatic heterocycles. The first-order chi connectivity index (χ1) is 11.6. The normalized spacial score (nSPS) is 20.2. The molecule has 0 spiro atoms. The Hall–Kier alpha value is -2.68. The molecule has 0 radical (unpaired) electrons. The first-order valence-electron chi connectivity index (χ1n) is 7.51. The van der Waals surface area contributed by atoms with Crippen LogP contribution in [0.25, 0.3) is 0 Å². The number of nitrogens with one attached hydrogen (secondary N) is 1. The first-order valence-corrected chi connectivity index (χ1v) is 7.51. The zero-order chi connectivity index (χ0) is 17.1. The Balaban J connectivity index is 1.75. The van der Waals surface area contributed by atoms with Crippen molar-refractivity contribution in [3.8, 4) is 5.88 Å². The third-order valence-electron chi connectivity index (χ3n) is 3.88.